The average Bonchev–Trinajstić information content (AvgIpc) is 2.11. The molecule has 1 aromatic rings. The van der Waals surface area contributed by atoms with Crippen molar-refractivity contribution in [1.82, 2.24) is 4.37 Å². The van der Waals surface area contributed by atoms with Gasteiger partial charge in [-0.25, -0.2) is 0 Å². The second-order valence-corrected chi connectivity index (χ2v) is 2.88. The third kappa shape index (κ3) is 5.67. The number of rotatable bonds is 1. The Bertz CT molecular complexity index is 260. The number of hydrogen-bond acceptors (Lipinski definition) is 6. The van der Waals surface area contributed by atoms with Gasteiger partial charge in [0.15, 0.2) is 0 Å². The first-order chi connectivity index (χ1) is 4.63. The van der Waals surface area contributed by atoms with Crippen molar-refractivity contribution in [2.45, 2.75) is 4.21 Å². The summed E-state index contributed by atoms with van der Waals surface area (Å²) >= 11 is 5.18. The van der Waals surface area contributed by atoms with Crippen LogP contribution in [0.3, 0.4) is 0 Å². The van der Waals surface area contributed by atoms with Gasteiger partial charge in [0.2, 0.25) is 0 Å². The summed E-state index contributed by atoms with van der Waals surface area (Å²) in [4.78, 5) is 10.1. The predicted octanol–water partition coefficient (Wildman–Crippen LogP) is -10.5. The third-order valence-corrected chi connectivity index (χ3v) is 1.89. The minimum atomic E-state index is -1.55. The molecule has 0 fully saturated rings. The Kier molecular flexibility index (Phi) is 14.8. The Labute approximate surface area is 151 Å². The third-order valence-electron chi connectivity index (χ3n) is 0.834. The first-order valence-corrected chi connectivity index (χ1v) is 3.36. The zero-order valence-electron chi connectivity index (χ0n) is 7.49. The zero-order chi connectivity index (χ0) is 7.72. The molecule has 0 saturated heterocycles. The van der Waals surface area contributed by atoms with Crippen molar-refractivity contribution in [3.63, 3.8) is 0 Å². The summed E-state index contributed by atoms with van der Waals surface area (Å²) in [7, 11) is 0. The summed E-state index contributed by atoms with van der Waals surface area (Å²) < 4.78 is 3.18. The van der Waals surface area contributed by atoms with Crippen LogP contribution in [-0.2, 0) is 12.6 Å². The van der Waals surface area contributed by atoms with Gasteiger partial charge < -0.3 is 32.0 Å². The molecule has 1 heterocycles. The molecule has 0 unspecified atom stereocenters. The quantitative estimate of drug-likeness (QED) is 0.361. The van der Waals surface area contributed by atoms with E-state index >= 15 is 0 Å². The first kappa shape index (κ1) is 20.5. The van der Waals surface area contributed by atoms with Crippen LogP contribution in [-0.4, -0.2) is 10.3 Å². The summed E-state index contributed by atoms with van der Waals surface area (Å²) in [6.45, 7) is 0. The fraction of sp³-hybridized carbons (Fsp3) is 0. The molecular weight excluding hydrogens is 243 g/mol. The van der Waals surface area contributed by atoms with Crippen LogP contribution in [0.1, 0.15) is 10.4 Å². The normalized spacial score (nSPS) is 7.38. The SMILES string of the molecule is O=C([O-])c1c([O-])nsc1[S-].[Na+].[Na+].[Na+]. The van der Waals surface area contributed by atoms with Crippen LogP contribution in [0.5, 0.6) is 5.88 Å². The smallest absolute Gasteiger partial charge is 0.859 e. The van der Waals surface area contributed by atoms with Gasteiger partial charge in [0.1, 0.15) is 0 Å². The number of carboxylic acid groups (broad SMARTS) is 1. The maximum Gasteiger partial charge on any atom is 1.00 e. The van der Waals surface area contributed by atoms with Gasteiger partial charge in [-0.2, -0.15) is 0 Å². The van der Waals surface area contributed by atoms with Crippen LogP contribution in [0.15, 0.2) is 4.21 Å². The standard InChI is InChI=1S/C4H3NO3S2.3Na/c6-2-1(3(7)8)4(9)10-5-2;;;/h9H,(H,5,6)(H,7,8);;;/q;3*+1/p-3. The molecule has 0 aliphatic carbocycles. The van der Waals surface area contributed by atoms with Crippen molar-refractivity contribution in [2.24, 2.45) is 0 Å². The number of nitrogens with zero attached hydrogens (tertiary/aromatic N) is 1. The zero-order valence-corrected chi connectivity index (χ0v) is 15.1. The molecule has 0 aromatic carbocycles. The van der Waals surface area contributed by atoms with Crippen LogP contribution in [0, 0.1) is 0 Å². The number of carboxylic acids is 1. The number of aromatic nitrogens is 1. The largest absolute Gasteiger partial charge is 1.00 e. The minimum absolute atomic E-state index is 0. The van der Waals surface area contributed by atoms with Crippen molar-refractivity contribution in [3.8, 4) is 5.88 Å². The molecule has 0 amide bonds. The van der Waals surface area contributed by atoms with Gasteiger partial charge in [-0.1, -0.05) is 4.21 Å². The molecule has 0 N–H and O–H groups in total. The molecule has 54 valence electrons. The van der Waals surface area contributed by atoms with Crippen LogP contribution >= 0.6 is 11.5 Å². The second-order valence-electron chi connectivity index (χ2n) is 1.44. The van der Waals surface area contributed by atoms with Crippen molar-refractivity contribution < 1.29 is 104 Å². The summed E-state index contributed by atoms with van der Waals surface area (Å²) in [6, 6.07) is 0. The second kappa shape index (κ2) is 9.35. The topological polar surface area (TPSA) is 76.1 Å². The van der Waals surface area contributed by atoms with E-state index in [4.69, 9.17) is 0 Å². The van der Waals surface area contributed by atoms with E-state index in [1.165, 1.54) is 0 Å². The molecule has 4 nitrogen and oxygen atoms in total. The Morgan fingerprint density at radius 3 is 2.00 bits per heavy atom. The van der Waals surface area contributed by atoms with Gasteiger partial charge in [0.05, 0.1) is 5.97 Å². The van der Waals surface area contributed by atoms with Gasteiger partial charge in [-0.15, -0.1) is 0 Å². The molecule has 1 aromatic heterocycles. The van der Waals surface area contributed by atoms with E-state index in [-0.39, 0.29) is 92.9 Å². The van der Waals surface area contributed by atoms with E-state index in [2.05, 4.69) is 17.0 Å². The molecule has 0 spiro atoms. The number of aromatic carboxylic acids is 1. The van der Waals surface area contributed by atoms with Gasteiger partial charge in [-0.05, 0) is 11.4 Å². The van der Waals surface area contributed by atoms with Crippen molar-refractivity contribution in [3.05, 3.63) is 5.56 Å². The molecule has 0 radical (unpaired) electrons. The van der Waals surface area contributed by atoms with Crippen LogP contribution in [0.25, 0.3) is 0 Å². The average molecular weight is 243 g/mol. The molecule has 1 rings (SSSR count). The van der Waals surface area contributed by atoms with E-state index in [1.807, 2.05) is 0 Å². The maximum atomic E-state index is 10.5. The summed E-state index contributed by atoms with van der Waals surface area (Å²) in [6.07, 6.45) is 0. The summed E-state index contributed by atoms with van der Waals surface area (Å²) in [5.74, 6) is -2.36. The van der Waals surface area contributed by atoms with Crippen molar-refractivity contribution in [2.75, 3.05) is 0 Å². The van der Waals surface area contributed by atoms with Crippen LogP contribution in [0.4, 0.5) is 0 Å². The van der Waals surface area contributed by atoms with E-state index in [0.717, 1.165) is 0 Å². The van der Waals surface area contributed by atoms with Gasteiger partial charge in [0.25, 0.3) is 0 Å². The van der Waals surface area contributed by atoms with Crippen molar-refractivity contribution >= 4 is 30.1 Å². The molecule has 0 aliphatic rings. The molecule has 13 heavy (non-hydrogen) atoms. The number of carbonyl (C=O) groups excluding carboxylic acids is 1. The first-order valence-electron chi connectivity index (χ1n) is 2.18. The molecule has 0 saturated carbocycles. The molecule has 0 aliphatic heterocycles. The van der Waals surface area contributed by atoms with Crippen LogP contribution in [0.2, 0.25) is 0 Å². The van der Waals surface area contributed by atoms with Crippen LogP contribution < -0.4 is 98.9 Å². The monoisotopic (exact) mass is 243 g/mol. The Hall–Kier alpha value is 2.12. The van der Waals surface area contributed by atoms with Gasteiger partial charge >= 0.3 is 88.7 Å². The van der Waals surface area contributed by atoms with Gasteiger partial charge in [-0.3, -0.25) is 11.5 Å². The molecular formula is C4NNa3O3S2. The maximum absolute atomic E-state index is 10.5. The summed E-state index contributed by atoms with van der Waals surface area (Å²) in [5.41, 5.74) is -0.500. The number of carbonyl (C=O) groups is 1. The predicted molar refractivity (Wildman–Crippen MR) is 31.5 cm³/mol. The molecule has 0 atom stereocenters. The fourth-order valence-corrected chi connectivity index (χ4v) is 1.23. The molecule has 0 bridgehead atoms. The Balaban J connectivity index is -0.000000333. The van der Waals surface area contributed by atoms with E-state index in [0.29, 0.717) is 11.5 Å². The molecule has 9 heteroatoms. The van der Waals surface area contributed by atoms with Gasteiger partial charge in [0, 0.05) is 0 Å². The fourth-order valence-electron chi connectivity index (χ4n) is 0.432. The van der Waals surface area contributed by atoms with E-state index in [1.54, 1.807) is 0 Å². The Morgan fingerprint density at radius 2 is 1.85 bits per heavy atom. The number of hydrogen-bond donors (Lipinski definition) is 0. The minimum Gasteiger partial charge on any atom is -0.859 e. The Morgan fingerprint density at radius 1 is 1.38 bits per heavy atom. The van der Waals surface area contributed by atoms with E-state index < -0.39 is 17.4 Å². The van der Waals surface area contributed by atoms with Crippen molar-refractivity contribution in [1.29, 1.82) is 0 Å². The van der Waals surface area contributed by atoms with E-state index in [9.17, 15) is 15.0 Å². The summed E-state index contributed by atoms with van der Waals surface area (Å²) in [5, 5.41) is 20.6.